The lowest BCUT2D eigenvalue weighted by molar-refractivity contribution is 0.843. The van der Waals surface area contributed by atoms with Crippen LogP contribution in [0, 0.1) is 34.0 Å². The molecule has 1 atom stereocenters. The molecule has 0 spiro atoms. The molecule has 1 unspecified atom stereocenters. The van der Waals surface area contributed by atoms with Crippen molar-refractivity contribution >= 4 is 0 Å². The lowest BCUT2D eigenvalue weighted by Gasteiger charge is -2.12. The quantitative estimate of drug-likeness (QED) is 0.847. The van der Waals surface area contributed by atoms with Crippen LogP contribution in [0.1, 0.15) is 28.2 Å². The Morgan fingerprint density at radius 2 is 1.40 bits per heavy atom. The van der Waals surface area contributed by atoms with Crippen LogP contribution in [0.5, 0.6) is 0 Å². The summed E-state index contributed by atoms with van der Waals surface area (Å²) in [5, 5.41) is 27.6. The summed E-state index contributed by atoms with van der Waals surface area (Å²) < 4.78 is 0. The zero-order valence-corrected chi connectivity index (χ0v) is 10.7. The van der Waals surface area contributed by atoms with Crippen molar-refractivity contribution in [2.45, 2.75) is 12.3 Å². The Kier molecular flexibility index (Phi) is 4.13. The summed E-state index contributed by atoms with van der Waals surface area (Å²) in [6.45, 7) is 0. The van der Waals surface area contributed by atoms with Crippen LogP contribution >= 0.6 is 0 Å². The largest absolute Gasteiger partial charge is 0.198 e. The molecule has 20 heavy (non-hydrogen) atoms. The van der Waals surface area contributed by atoms with Crippen molar-refractivity contribution in [2.75, 3.05) is 0 Å². The molecule has 0 N–H and O–H groups in total. The summed E-state index contributed by atoms with van der Waals surface area (Å²) in [6, 6.07) is 20.8. The SMILES string of the molecule is N#Cc1ccccc1CC(C#N)c1ccccc1C#N. The molecule has 3 heteroatoms. The summed E-state index contributed by atoms with van der Waals surface area (Å²) in [5.41, 5.74) is 2.62. The third-order valence-corrected chi connectivity index (χ3v) is 3.17. The fraction of sp³-hybridized carbons (Fsp3) is 0.118. The molecule has 2 aromatic rings. The van der Waals surface area contributed by atoms with E-state index in [-0.39, 0.29) is 0 Å². The van der Waals surface area contributed by atoms with Gasteiger partial charge in [0, 0.05) is 0 Å². The highest BCUT2D eigenvalue weighted by molar-refractivity contribution is 5.45. The summed E-state index contributed by atoms with van der Waals surface area (Å²) >= 11 is 0. The molecule has 3 nitrogen and oxygen atoms in total. The van der Waals surface area contributed by atoms with Gasteiger partial charge < -0.3 is 0 Å². The Balaban J connectivity index is 2.38. The van der Waals surface area contributed by atoms with Crippen LogP contribution in [0.2, 0.25) is 0 Å². The van der Waals surface area contributed by atoms with Gasteiger partial charge in [0.05, 0.1) is 35.3 Å². The zero-order valence-electron chi connectivity index (χ0n) is 10.7. The molecule has 0 heterocycles. The predicted molar refractivity (Wildman–Crippen MR) is 74.4 cm³/mol. The van der Waals surface area contributed by atoms with Gasteiger partial charge in [-0.25, -0.2) is 0 Å². The first-order valence-electron chi connectivity index (χ1n) is 6.16. The molecule has 0 saturated carbocycles. The van der Waals surface area contributed by atoms with Crippen molar-refractivity contribution in [3.63, 3.8) is 0 Å². The van der Waals surface area contributed by atoms with Gasteiger partial charge in [-0.15, -0.1) is 0 Å². The summed E-state index contributed by atoms with van der Waals surface area (Å²) in [7, 11) is 0. The molecular formula is C17H11N3. The van der Waals surface area contributed by atoms with Gasteiger partial charge >= 0.3 is 0 Å². The topological polar surface area (TPSA) is 71.4 Å². The average molecular weight is 257 g/mol. The van der Waals surface area contributed by atoms with Crippen LogP contribution in [0.3, 0.4) is 0 Å². The second-order valence-corrected chi connectivity index (χ2v) is 4.35. The van der Waals surface area contributed by atoms with E-state index >= 15 is 0 Å². The molecule has 0 aliphatic carbocycles. The van der Waals surface area contributed by atoms with Crippen LogP contribution in [0.4, 0.5) is 0 Å². The van der Waals surface area contributed by atoms with Gasteiger partial charge in [-0.2, -0.15) is 15.8 Å². The molecule has 0 aliphatic rings. The Morgan fingerprint density at radius 1 is 0.800 bits per heavy atom. The first-order valence-corrected chi connectivity index (χ1v) is 6.16. The number of rotatable bonds is 3. The maximum absolute atomic E-state index is 9.38. The Labute approximate surface area is 117 Å². The van der Waals surface area contributed by atoms with E-state index in [1.54, 1.807) is 30.3 Å². The second-order valence-electron chi connectivity index (χ2n) is 4.35. The van der Waals surface area contributed by atoms with Gasteiger partial charge in [-0.1, -0.05) is 36.4 Å². The fourth-order valence-corrected chi connectivity index (χ4v) is 2.16. The smallest absolute Gasteiger partial charge is 0.0995 e. The summed E-state index contributed by atoms with van der Waals surface area (Å²) in [5.74, 6) is -0.430. The molecule has 0 radical (unpaired) electrons. The lowest BCUT2D eigenvalue weighted by atomic mass is 9.89. The molecule has 94 valence electrons. The highest BCUT2D eigenvalue weighted by atomic mass is 14.3. The summed E-state index contributed by atoms with van der Waals surface area (Å²) in [4.78, 5) is 0. The van der Waals surface area contributed by atoms with E-state index in [1.807, 2.05) is 18.2 Å². The third-order valence-electron chi connectivity index (χ3n) is 3.17. The lowest BCUT2D eigenvalue weighted by Crippen LogP contribution is -2.04. The van der Waals surface area contributed by atoms with Crippen LogP contribution in [0.25, 0.3) is 0 Å². The molecule has 0 aliphatic heterocycles. The number of benzene rings is 2. The molecule has 0 amide bonds. The van der Waals surface area contributed by atoms with E-state index in [9.17, 15) is 5.26 Å². The monoisotopic (exact) mass is 257 g/mol. The van der Waals surface area contributed by atoms with Gasteiger partial charge in [0.25, 0.3) is 0 Å². The van der Waals surface area contributed by atoms with Crippen molar-refractivity contribution in [1.82, 2.24) is 0 Å². The predicted octanol–water partition coefficient (Wildman–Crippen LogP) is 3.28. The molecule has 0 saturated heterocycles. The summed E-state index contributed by atoms with van der Waals surface area (Å²) in [6.07, 6.45) is 0.429. The number of hydrogen-bond acceptors (Lipinski definition) is 3. The molecule has 2 rings (SSSR count). The van der Waals surface area contributed by atoms with Crippen LogP contribution in [-0.4, -0.2) is 0 Å². The highest BCUT2D eigenvalue weighted by Gasteiger charge is 2.16. The normalized spacial score (nSPS) is 10.8. The minimum atomic E-state index is -0.430. The molecule has 0 aromatic heterocycles. The van der Waals surface area contributed by atoms with Crippen LogP contribution < -0.4 is 0 Å². The molecule has 0 fully saturated rings. The van der Waals surface area contributed by atoms with E-state index in [0.29, 0.717) is 23.1 Å². The Bertz CT molecular complexity index is 742. The van der Waals surface area contributed by atoms with Crippen molar-refractivity contribution in [3.8, 4) is 18.2 Å². The van der Waals surface area contributed by atoms with Gasteiger partial charge in [-0.05, 0) is 29.7 Å². The second kappa shape index (κ2) is 6.19. The molecular weight excluding hydrogens is 246 g/mol. The standard InChI is InChI=1S/C17H11N3/c18-10-14-6-2-1-5-13(14)9-16(12-20)17-8-4-3-7-15(17)11-19/h1-8,16H,9H2. The Hall–Kier alpha value is -3.09. The van der Waals surface area contributed by atoms with Crippen LogP contribution in [0.15, 0.2) is 48.5 Å². The van der Waals surface area contributed by atoms with E-state index < -0.39 is 5.92 Å². The van der Waals surface area contributed by atoms with E-state index in [1.165, 1.54) is 0 Å². The Morgan fingerprint density at radius 3 is 2.05 bits per heavy atom. The minimum absolute atomic E-state index is 0.429. The first-order chi connectivity index (χ1) is 9.80. The average Bonchev–Trinajstić information content (AvgIpc) is 2.53. The van der Waals surface area contributed by atoms with Crippen molar-refractivity contribution in [1.29, 1.82) is 15.8 Å². The third kappa shape index (κ3) is 2.66. The maximum Gasteiger partial charge on any atom is 0.0995 e. The zero-order chi connectivity index (χ0) is 14.4. The van der Waals surface area contributed by atoms with Crippen molar-refractivity contribution in [2.24, 2.45) is 0 Å². The number of hydrogen-bond donors (Lipinski definition) is 0. The first kappa shape index (κ1) is 13.3. The highest BCUT2D eigenvalue weighted by Crippen LogP contribution is 2.24. The van der Waals surface area contributed by atoms with Crippen molar-refractivity contribution < 1.29 is 0 Å². The van der Waals surface area contributed by atoms with E-state index in [0.717, 1.165) is 5.56 Å². The molecule has 2 aromatic carbocycles. The minimum Gasteiger partial charge on any atom is -0.198 e. The van der Waals surface area contributed by atoms with Gasteiger partial charge in [0.15, 0.2) is 0 Å². The van der Waals surface area contributed by atoms with Crippen molar-refractivity contribution in [3.05, 3.63) is 70.8 Å². The number of nitrogens with zero attached hydrogens (tertiary/aromatic N) is 3. The fourth-order valence-electron chi connectivity index (χ4n) is 2.16. The van der Waals surface area contributed by atoms with Gasteiger partial charge in [0.1, 0.15) is 0 Å². The van der Waals surface area contributed by atoms with E-state index in [4.69, 9.17) is 10.5 Å². The number of nitriles is 3. The van der Waals surface area contributed by atoms with Crippen LogP contribution in [-0.2, 0) is 6.42 Å². The van der Waals surface area contributed by atoms with Gasteiger partial charge in [0.2, 0.25) is 0 Å². The molecule has 0 bridgehead atoms. The maximum atomic E-state index is 9.38. The van der Waals surface area contributed by atoms with Gasteiger partial charge in [-0.3, -0.25) is 0 Å². The van der Waals surface area contributed by atoms with E-state index in [2.05, 4.69) is 18.2 Å².